The lowest BCUT2D eigenvalue weighted by atomic mass is 10.0. The fourth-order valence-corrected chi connectivity index (χ4v) is 3.69. The molecule has 1 unspecified atom stereocenters. The van der Waals surface area contributed by atoms with Gasteiger partial charge in [0.05, 0.1) is 6.20 Å². The van der Waals surface area contributed by atoms with Gasteiger partial charge in [0.1, 0.15) is 11.5 Å². The molecule has 5 heteroatoms. The summed E-state index contributed by atoms with van der Waals surface area (Å²) < 4.78 is 5.74. The highest BCUT2D eigenvalue weighted by Gasteiger charge is 2.20. The second-order valence-electron chi connectivity index (χ2n) is 7.12. The number of aryl methyl sites for hydroxylation is 1. The maximum Gasteiger partial charge on any atom is 0.152 e. The molecule has 3 aromatic rings. The number of hydrogen-bond acceptors (Lipinski definition) is 4. The van der Waals surface area contributed by atoms with Crippen molar-refractivity contribution in [3.63, 3.8) is 0 Å². The second-order valence-corrected chi connectivity index (χ2v) is 7.12. The van der Waals surface area contributed by atoms with Crippen molar-refractivity contribution in [1.82, 2.24) is 20.4 Å². The molecule has 1 fully saturated rings. The number of aromatic nitrogens is 2. The largest absolute Gasteiger partial charge is 0.460 e. The van der Waals surface area contributed by atoms with Crippen LogP contribution >= 0.6 is 0 Å². The predicted octanol–water partition coefficient (Wildman–Crippen LogP) is 3.73. The van der Waals surface area contributed by atoms with Crippen LogP contribution in [0.5, 0.6) is 0 Å². The molecule has 26 heavy (non-hydrogen) atoms. The molecule has 0 radical (unpaired) electrons. The van der Waals surface area contributed by atoms with Gasteiger partial charge in [-0.25, -0.2) is 0 Å². The average Bonchev–Trinajstić information content (AvgIpc) is 3.30. The van der Waals surface area contributed by atoms with Crippen molar-refractivity contribution in [2.24, 2.45) is 0 Å². The predicted molar refractivity (Wildman–Crippen MR) is 103 cm³/mol. The van der Waals surface area contributed by atoms with Crippen molar-refractivity contribution in [3.05, 3.63) is 65.5 Å². The first kappa shape index (κ1) is 17.1. The molecular formula is C21H26N4O. The summed E-state index contributed by atoms with van der Waals surface area (Å²) >= 11 is 0. The number of likely N-dealkylation sites (tertiary alicyclic amines) is 1. The molecular weight excluding hydrogens is 324 g/mol. The van der Waals surface area contributed by atoms with E-state index in [4.69, 9.17) is 4.42 Å². The first-order chi connectivity index (χ1) is 12.8. The molecule has 2 aromatic heterocycles. The van der Waals surface area contributed by atoms with Crippen LogP contribution in [0.15, 0.2) is 53.1 Å². The summed E-state index contributed by atoms with van der Waals surface area (Å²) in [6.07, 6.45) is 4.35. The molecule has 1 saturated heterocycles. The fraction of sp³-hybridized carbons (Fsp3) is 0.381. The standard InChI is InChI=1S/C21H26N4O/c1-16-9-10-20(26-16)21-18(13-23-24-21)12-22-19-8-5-11-25(15-19)14-17-6-3-2-4-7-17/h2-4,6-7,9-10,13,19,22H,5,8,11-12,14-15H2,1H3,(H,23,24). The lowest BCUT2D eigenvalue weighted by Crippen LogP contribution is -2.45. The van der Waals surface area contributed by atoms with Gasteiger partial charge in [0, 0.05) is 31.2 Å². The summed E-state index contributed by atoms with van der Waals surface area (Å²) in [4.78, 5) is 2.54. The van der Waals surface area contributed by atoms with Crippen molar-refractivity contribution in [2.75, 3.05) is 13.1 Å². The van der Waals surface area contributed by atoms with Gasteiger partial charge in [0.2, 0.25) is 0 Å². The van der Waals surface area contributed by atoms with E-state index in [1.54, 1.807) is 0 Å². The van der Waals surface area contributed by atoms with Crippen molar-refractivity contribution < 1.29 is 4.42 Å². The Kier molecular flexibility index (Phi) is 5.18. The topological polar surface area (TPSA) is 57.1 Å². The van der Waals surface area contributed by atoms with Crippen molar-refractivity contribution in [2.45, 2.75) is 38.9 Å². The van der Waals surface area contributed by atoms with Crippen LogP contribution in [0.3, 0.4) is 0 Å². The van der Waals surface area contributed by atoms with Crippen molar-refractivity contribution >= 4 is 0 Å². The minimum atomic E-state index is 0.508. The average molecular weight is 350 g/mol. The van der Waals surface area contributed by atoms with Gasteiger partial charge in [0.25, 0.3) is 0 Å². The third kappa shape index (κ3) is 4.06. The molecule has 0 amide bonds. The zero-order chi connectivity index (χ0) is 17.8. The van der Waals surface area contributed by atoms with Crippen LogP contribution in [0, 0.1) is 6.92 Å². The summed E-state index contributed by atoms with van der Waals surface area (Å²) in [7, 11) is 0. The van der Waals surface area contributed by atoms with Crippen LogP contribution < -0.4 is 5.32 Å². The highest BCUT2D eigenvalue weighted by Crippen LogP contribution is 2.23. The Balaban J connectivity index is 1.34. The molecule has 2 N–H and O–H groups in total. The van der Waals surface area contributed by atoms with E-state index in [2.05, 4.69) is 50.7 Å². The Labute approximate surface area is 154 Å². The summed E-state index contributed by atoms with van der Waals surface area (Å²) in [5, 5.41) is 11.0. The lowest BCUT2D eigenvalue weighted by molar-refractivity contribution is 0.182. The second kappa shape index (κ2) is 7.89. The Bertz CT molecular complexity index is 823. The monoisotopic (exact) mass is 350 g/mol. The minimum absolute atomic E-state index is 0.508. The SMILES string of the molecule is Cc1ccc(-c2[nH]ncc2CNC2CCCN(Cc3ccccc3)C2)o1. The van der Waals surface area contributed by atoms with E-state index in [1.807, 2.05) is 25.3 Å². The molecule has 0 spiro atoms. The number of benzene rings is 1. The molecule has 4 rings (SSSR count). The van der Waals surface area contributed by atoms with Gasteiger partial charge in [-0.3, -0.25) is 10.00 Å². The number of furan rings is 1. The Morgan fingerprint density at radius 3 is 2.92 bits per heavy atom. The first-order valence-electron chi connectivity index (χ1n) is 9.36. The van der Waals surface area contributed by atoms with E-state index in [0.717, 1.165) is 42.4 Å². The first-order valence-corrected chi connectivity index (χ1v) is 9.36. The van der Waals surface area contributed by atoms with Crippen LogP contribution in [-0.4, -0.2) is 34.2 Å². The Morgan fingerprint density at radius 1 is 1.23 bits per heavy atom. The molecule has 1 atom stereocenters. The molecule has 5 nitrogen and oxygen atoms in total. The van der Waals surface area contributed by atoms with E-state index in [9.17, 15) is 0 Å². The van der Waals surface area contributed by atoms with E-state index >= 15 is 0 Å². The van der Waals surface area contributed by atoms with Crippen LogP contribution in [0.2, 0.25) is 0 Å². The maximum atomic E-state index is 5.74. The third-order valence-corrected chi connectivity index (χ3v) is 5.04. The number of nitrogens with one attached hydrogen (secondary N) is 2. The number of H-pyrrole nitrogens is 1. The van der Waals surface area contributed by atoms with Gasteiger partial charge in [-0.2, -0.15) is 5.10 Å². The Morgan fingerprint density at radius 2 is 2.12 bits per heavy atom. The highest BCUT2D eigenvalue weighted by atomic mass is 16.3. The van der Waals surface area contributed by atoms with Gasteiger partial charge >= 0.3 is 0 Å². The number of piperidine rings is 1. The van der Waals surface area contributed by atoms with Gasteiger partial charge in [-0.05, 0) is 44.0 Å². The van der Waals surface area contributed by atoms with Crippen LogP contribution in [0.1, 0.15) is 29.7 Å². The van der Waals surface area contributed by atoms with Crippen molar-refractivity contribution in [3.8, 4) is 11.5 Å². The zero-order valence-corrected chi connectivity index (χ0v) is 15.2. The number of hydrogen-bond donors (Lipinski definition) is 2. The van der Waals surface area contributed by atoms with Gasteiger partial charge in [0.15, 0.2) is 5.76 Å². The van der Waals surface area contributed by atoms with E-state index in [1.165, 1.54) is 24.9 Å². The van der Waals surface area contributed by atoms with Crippen LogP contribution in [-0.2, 0) is 13.1 Å². The normalized spacial score (nSPS) is 18.3. The molecule has 1 aromatic carbocycles. The highest BCUT2D eigenvalue weighted by molar-refractivity contribution is 5.56. The number of rotatable bonds is 6. The molecule has 1 aliphatic rings. The maximum absolute atomic E-state index is 5.74. The summed E-state index contributed by atoms with van der Waals surface area (Å²) in [5.74, 6) is 1.77. The van der Waals surface area contributed by atoms with Gasteiger partial charge in [-0.15, -0.1) is 0 Å². The molecule has 0 saturated carbocycles. The molecule has 3 heterocycles. The van der Waals surface area contributed by atoms with E-state index in [-0.39, 0.29) is 0 Å². The molecule has 0 aliphatic carbocycles. The zero-order valence-electron chi connectivity index (χ0n) is 15.2. The summed E-state index contributed by atoms with van der Waals surface area (Å²) in [6.45, 7) is 6.05. The summed E-state index contributed by atoms with van der Waals surface area (Å²) in [6, 6.07) is 15.2. The lowest BCUT2D eigenvalue weighted by Gasteiger charge is -2.33. The molecule has 0 bridgehead atoms. The Hall–Kier alpha value is -2.37. The summed E-state index contributed by atoms with van der Waals surface area (Å²) in [5.41, 5.74) is 3.51. The van der Waals surface area contributed by atoms with E-state index in [0.29, 0.717) is 6.04 Å². The van der Waals surface area contributed by atoms with E-state index < -0.39 is 0 Å². The minimum Gasteiger partial charge on any atom is -0.460 e. The smallest absolute Gasteiger partial charge is 0.152 e. The quantitative estimate of drug-likeness (QED) is 0.711. The van der Waals surface area contributed by atoms with Crippen molar-refractivity contribution in [1.29, 1.82) is 0 Å². The van der Waals surface area contributed by atoms with Crippen LogP contribution in [0.25, 0.3) is 11.5 Å². The van der Waals surface area contributed by atoms with Crippen LogP contribution in [0.4, 0.5) is 0 Å². The van der Waals surface area contributed by atoms with Gasteiger partial charge in [-0.1, -0.05) is 30.3 Å². The third-order valence-electron chi connectivity index (χ3n) is 5.04. The number of aromatic amines is 1. The fourth-order valence-electron chi connectivity index (χ4n) is 3.69. The van der Waals surface area contributed by atoms with Gasteiger partial charge < -0.3 is 9.73 Å². The molecule has 136 valence electrons. The number of nitrogens with zero attached hydrogens (tertiary/aromatic N) is 2. The molecule has 1 aliphatic heterocycles.